The first-order chi connectivity index (χ1) is 15.1. The van der Waals surface area contributed by atoms with Crippen molar-refractivity contribution in [3.63, 3.8) is 0 Å². The third-order valence-electron chi connectivity index (χ3n) is 4.57. The second-order valence-corrected chi connectivity index (χ2v) is 9.36. The molecule has 174 valence electrons. The molecular weight excluding hydrogens is 451 g/mol. The molecule has 2 aromatic rings. The predicted octanol–water partition coefficient (Wildman–Crippen LogP) is 4.80. The molecule has 0 aliphatic rings. The number of amides is 1. The molecule has 32 heavy (non-hydrogen) atoms. The lowest BCUT2D eigenvalue weighted by molar-refractivity contribution is -0.143. The minimum atomic E-state index is -0.620. The first-order valence-electron chi connectivity index (χ1n) is 10.4. The Labute approximate surface area is 199 Å². The van der Waals surface area contributed by atoms with E-state index in [1.807, 2.05) is 24.3 Å². The molecule has 0 saturated heterocycles. The molecule has 2 N–H and O–H groups in total. The Kier molecular flexibility index (Phi) is 9.82. The third kappa shape index (κ3) is 9.47. The van der Waals surface area contributed by atoms with E-state index in [1.54, 1.807) is 45.0 Å². The van der Waals surface area contributed by atoms with Gasteiger partial charge in [-0.2, -0.15) is 0 Å². The average Bonchev–Trinajstić information content (AvgIpc) is 2.72. The van der Waals surface area contributed by atoms with Crippen molar-refractivity contribution >= 4 is 35.3 Å². The molecule has 0 fully saturated rings. The van der Waals surface area contributed by atoms with Crippen LogP contribution in [0.4, 0.5) is 4.79 Å². The number of ether oxygens (including phenoxy) is 2. The van der Waals surface area contributed by atoms with Gasteiger partial charge in [0.25, 0.3) is 0 Å². The normalized spacial score (nSPS) is 13.2. The number of nitrogens with one attached hydrogen (secondary N) is 2. The minimum absolute atomic E-state index is 0.329. The van der Waals surface area contributed by atoms with Crippen LogP contribution in [-0.2, 0) is 27.1 Å². The molecule has 0 bridgehead atoms. The summed E-state index contributed by atoms with van der Waals surface area (Å²) >= 11 is 11.9. The molecule has 8 heteroatoms. The van der Waals surface area contributed by atoms with E-state index in [0.29, 0.717) is 29.4 Å². The number of carbonyl (C=O) groups is 2. The zero-order valence-electron chi connectivity index (χ0n) is 18.8. The van der Waals surface area contributed by atoms with E-state index in [1.165, 1.54) is 7.11 Å². The van der Waals surface area contributed by atoms with Gasteiger partial charge in [0, 0.05) is 22.6 Å². The van der Waals surface area contributed by atoms with Crippen molar-refractivity contribution in [2.45, 2.75) is 51.3 Å². The largest absolute Gasteiger partial charge is 0.468 e. The van der Waals surface area contributed by atoms with Gasteiger partial charge in [0.15, 0.2) is 0 Å². The molecular formula is C24H30Cl2N2O4. The lowest BCUT2D eigenvalue weighted by atomic mass is 10.0. The zero-order valence-corrected chi connectivity index (χ0v) is 20.3. The summed E-state index contributed by atoms with van der Waals surface area (Å²) in [6.45, 7) is 5.74. The Bertz CT molecular complexity index is 880. The summed E-state index contributed by atoms with van der Waals surface area (Å²) < 4.78 is 10.4. The highest BCUT2D eigenvalue weighted by atomic mass is 35.5. The average molecular weight is 481 g/mol. The summed E-state index contributed by atoms with van der Waals surface area (Å²) in [4.78, 5) is 24.7. The van der Waals surface area contributed by atoms with Crippen molar-refractivity contribution in [2.75, 3.05) is 13.7 Å². The maximum Gasteiger partial charge on any atom is 0.407 e. The topological polar surface area (TPSA) is 76.7 Å². The Morgan fingerprint density at radius 2 is 1.41 bits per heavy atom. The van der Waals surface area contributed by atoms with Gasteiger partial charge in [-0.25, -0.2) is 4.79 Å². The lowest BCUT2D eigenvalue weighted by Gasteiger charge is -2.25. The van der Waals surface area contributed by atoms with E-state index in [9.17, 15) is 9.59 Å². The number of hydrogen-bond donors (Lipinski definition) is 2. The van der Waals surface area contributed by atoms with Crippen molar-refractivity contribution in [1.29, 1.82) is 0 Å². The number of benzene rings is 2. The van der Waals surface area contributed by atoms with Crippen LogP contribution in [0, 0.1) is 0 Å². The van der Waals surface area contributed by atoms with E-state index in [2.05, 4.69) is 10.6 Å². The van der Waals surface area contributed by atoms with Crippen LogP contribution in [-0.4, -0.2) is 43.4 Å². The molecule has 2 unspecified atom stereocenters. The summed E-state index contributed by atoms with van der Waals surface area (Å²) in [5.41, 5.74) is 1.31. The Morgan fingerprint density at radius 3 is 1.88 bits per heavy atom. The van der Waals surface area contributed by atoms with Crippen LogP contribution in [0.5, 0.6) is 0 Å². The number of hydrogen-bond acceptors (Lipinski definition) is 5. The van der Waals surface area contributed by atoms with Gasteiger partial charge in [-0.3, -0.25) is 4.79 Å². The monoisotopic (exact) mass is 480 g/mol. The maximum absolute atomic E-state index is 12.4. The van der Waals surface area contributed by atoms with Gasteiger partial charge in [0.05, 0.1) is 7.11 Å². The molecule has 2 aromatic carbocycles. The zero-order chi connectivity index (χ0) is 23.7. The molecule has 1 amide bonds. The highest BCUT2D eigenvalue weighted by molar-refractivity contribution is 6.30. The summed E-state index contributed by atoms with van der Waals surface area (Å²) in [7, 11) is 1.35. The quantitative estimate of drug-likeness (QED) is 0.503. The summed E-state index contributed by atoms with van der Waals surface area (Å²) in [6, 6.07) is 13.8. The standard InChI is InChI=1S/C24H30Cl2N2O4/c1-24(2,3)32-23(30)28-20(13-16-5-9-18(25)10-6-16)15-27-21(22(29)31-4)14-17-7-11-19(26)12-8-17/h5-12,20-21,27H,13-15H2,1-4H3,(H,28,30). The van der Waals surface area contributed by atoms with Crippen LogP contribution < -0.4 is 10.6 Å². The van der Waals surface area contributed by atoms with E-state index in [0.717, 1.165) is 11.1 Å². The fourth-order valence-corrected chi connectivity index (χ4v) is 3.33. The number of carbonyl (C=O) groups excluding carboxylic acids is 2. The maximum atomic E-state index is 12.4. The van der Waals surface area contributed by atoms with Crippen LogP contribution in [0.25, 0.3) is 0 Å². The molecule has 0 saturated carbocycles. The number of esters is 1. The molecule has 2 atom stereocenters. The minimum Gasteiger partial charge on any atom is -0.468 e. The first-order valence-corrected chi connectivity index (χ1v) is 11.1. The van der Waals surface area contributed by atoms with Crippen LogP contribution in [0.15, 0.2) is 48.5 Å². The van der Waals surface area contributed by atoms with Crippen molar-refractivity contribution in [2.24, 2.45) is 0 Å². The van der Waals surface area contributed by atoms with Crippen molar-refractivity contribution in [3.8, 4) is 0 Å². The van der Waals surface area contributed by atoms with E-state index in [-0.39, 0.29) is 12.0 Å². The Hall–Kier alpha value is -2.28. The molecule has 6 nitrogen and oxygen atoms in total. The number of methoxy groups -OCH3 is 1. The van der Waals surface area contributed by atoms with E-state index >= 15 is 0 Å². The number of alkyl carbamates (subject to hydrolysis) is 1. The molecule has 0 heterocycles. The Balaban J connectivity index is 2.11. The van der Waals surface area contributed by atoms with Gasteiger partial charge in [-0.1, -0.05) is 47.5 Å². The second kappa shape index (κ2) is 12.1. The Morgan fingerprint density at radius 1 is 0.906 bits per heavy atom. The molecule has 0 aliphatic carbocycles. The molecule has 0 spiro atoms. The van der Waals surface area contributed by atoms with Crippen molar-refractivity contribution in [3.05, 3.63) is 69.7 Å². The molecule has 0 radical (unpaired) electrons. The SMILES string of the molecule is COC(=O)C(Cc1ccc(Cl)cc1)NCC(Cc1ccc(Cl)cc1)NC(=O)OC(C)(C)C. The predicted molar refractivity (Wildman–Crippen MR) is 127 cm³/mol. The van der Waals surface area contributed by atoms with Crippen LogP contribution in [0.1, 0.15) is 31.9 Å². The first kappa shape index (κ1) is 26.0. The van der Waals surface area contributed by atoms with Gasteiger partial charge < -0.3 is 20.1 Å². The number of halogens is 2. The van der Waals surface area contributed by atoms with Gasteiger partial charge in [0.2, 0.25) is 0 Å². The van der Waals surface area contributed by atoms with E-state index < -0.39 is 17.7 Å². The van der Waals surface area contributed by atoms with Crippen molar-refractivity contribution < 1.29 is 19.1 Å². The summed E-state index contributed by atoms with van der Waals surface area (Å²) in [5, 5.41) is 7.39. The van der Waals surface area contributed by atoms with Gasteiger partial charge >= 0.3 is 12.1 Å². The molecule has 2 rings (SSSR count). The van der Waals surface area contributed by atoms with Gasteiger partial charge in [-0.15, -0.1) is 0 Å². The summed E-state index contributed by atoms with van der Waals surface area (Å²) in [6.07, 6.45) is 0.424. The fraction of sp³-hybridized carbons (Fsp3) is 0.417. The highest BCUT2D eigenvalue weighted by Crippen LogP contribution is 2.14. The molecule has 0 aliphatic heterocycles. The fourth-order valence-electron chi connectivity index (χ4n) is 3.08. The van der Waals surface area contributed by atoms with Crippen molar-refractivity contribution in [1.82, 2.24) is 10.6 Å². The summed E-state index contributed by atoms with van der Waals surface area (Å²) in [5.74, 6) is -0.387. The third-order valence-corrected chi connectivity index (χ3v) is 5.07. The van der Waals surface area contributed by atoms with Crippen LogP contribution in [0.2, 0.25) is 10.0 Å². The highest BCUT2D eigenvalue weighted by Gasteiger charge is 2.24. The van der Waals surface area contributed by atoms with Crippen LogP contribution >= 0.6 is 23.2 Å². The van der Waals surface area contributed by atoms with Gasteiger partial charge in [-0.05, 0) is 69.0 Å². The smallest absolute Gasteiger partial charge is 0.407 e. The molecule has 0 aromatic heterocycles. The second-order valence-electron chi connectivity index (χ2n) is 8.49. The lowest BCUT2D eigenvalue weighted by Crippen LogP contribution is -2.50. The number of rotatable bonds is 9. The van der Waals surface area contributed by atoms with Gasteiger partial charge in [0.1, 0.15) is 11.6 Å². The van der Waals surface area contributed by atoms with Crippen LogP contribution in [0.3, 0.4) is 0 Å². The van der Waals surface area contributed by atoms with E-state index in [4.69, 9.17) is 32.7 Å².